The Morgan fingerprint density at radius 2 is 2.05 bits per heavy atom. The minimum absolute atomic E-state index is 0.0570. The van der Waals surface area contributed by atoms with Gasteiger partial charge in [-0.2, -0.15) is 0 Å². The monoisotopic (exact) mass is 361 g/mol. The van der Waals surface area contributed by atoms with Gasteiger partial charge < -0.3 is 24.6 Å². The van der Waals surface area contributed by atoms with E-state index in [1.807, 2.05) is 26.0 Å². The molecular weight excluding hydrogens is 338 g/mol. The molecule has 120 valence electrons. The molecule has 0 unspecified atom stereocenters. The van der Waals surface area contributed by atoms with E-state index >= 15 is 0 Å². The second-order valence-corrected chi connectivity index (χ2v) is 5.64. The van der Waals surface area contributed by atoms with Crippen molar-refractivity contribution < 1.29 is 19.3 Å². The standard InChI is InChI=1S/C15H24BrNO4/c1-11(2)21-15-13(16)8-12(9-14(15)19-3)10-17-4-6-20-7-5-18/h8-9,11,17-18H,4-7,10H2,1-3H3. The summed E-state index contributed by atoms with van der Waals surface area (Å²) in [4.78, 5) is 0. The Labute approximate surface area is 134 Å². The molecule has 0 spiro atoms. The molecule has 0 bridgehead atoms. The molecule has 21 heavy (non-hydrogen) atoms. The molecule has 5 nitrogen and oxygen atoms in total. The molecule has 6 heteroatoms. The van der Waals surface area contributed by atoms with Crippen LogP contribution >= 0.6 is 15.9 Å². The zero-order valence-electron chi connectivity index (χ0n) is 12.8. The van der Waals surface area contributed by atoms with Gasteiger partial charge in [0, 0.05) is 13.1 Å². The zero-order chi connectivity index (χ0) is 15.7. The predicted molar refractivity (Wildman–Crippen MR) is 86.1 cm³/mol. The maximum absolute atomic E-state index is 8.60. The Hall–Kier alpha value is -0.820. The van der Waals surface area contributed by atoms with Crippen molar-refractivity contribution in [3.63, 3.8) is 0 Å². The third-order valence-corrected chi connectivity index (χ3v) is 3.22. The number of ether oxygens (including phenoxy) is 3. The van der Waals surface area contributed by atoms with Crippen molar-refractivity contribution in [2.24, 2.45) is 0 Å². The van der Waals surface area contributed by atoms with Crippen LogP contribution in [-0.4, -0.2) is 44.7 Å². The predicted octanol–water partition coefficient (Wildman–Crippen LogP) is 2.34. The van der Waals surface area contributed by atoms with Crippen molar-refractivity contribution in [3.8, 4) is 11.5 Å². The van der Waals surface area contributed by atoms with E-state index in [1.165, 1.54) is 0 Å². The summed E-state index contributed by atoms with van der Waals surface area (Å²) in [7, 11) is 1.63. The number of aliphatic hydroxyl groups is 1. The first-order valence-electron chi connectivity index (χ1n) is 7.00. The SMILES string of the molecule is COc1cc(CNCCOCCO)cc(Br)c1OC(C)C. The van der Waals surface area contributed by atoms with Crippen LogP contribution in [0.15, 0.2) is 16.6 Å². The summed E-state index contributed by atoms with van der Waals surface area (Å²) in [6.45, 7) is 6.40. The van der Waals surface area contributed by atoms with Crippen molar-refractivity contribution in [2.45, 2.75) is 26.5 Å². The molecule has 1 aromatic carbocycles. The van der Waals surface area contributed by atoms with E-state index in [9.17, 15) is 0 Å². The normalized spacial score (nSPS) is 11.0. The Bertz CT molecular complexity index is 426. The molecule has 0 amide bonds. The first-order valence-corrected chi connectivity index (χ1v) is 7.80. The molecule has 0 fully saturated rings. The fraction of sp³-hybridized carbons (Fsp3) is 0.600. The third-order valence-electron chi connectivity index (χ3n) is 2.63. The Morgan fingerprint density at radius 1 is 1.29 bits per heavy atom. The van der Waals surface area contributed by atoms with Crippen molar-refractivity contribution >= 4 is 15.9 Å². The highest BCUT2D eigenvalue weighted by Crippen LogP contribution is 2.37. The average Bonchev–Trinajstić information content (AvgIpc) is 2.44. The summed E-state index contributed by atoms with van der Waals surface area (Å²) in [5.41, 5.74) is 1.09. The Kier molecular flexibility index (Phi) is 8.68. The van der Waals surface area contributed by atoms with Crippen LogP contribution in [0, 0.1) is 0 Å². The Balaban J connectivity index is 2.58. The molecule has 0 aliphatic heterocycles. The molecular formula is C15H24BrNO4. The largest absolute Gasteiger partial charge is 0.493 e. The van der Waals surface area contributed by atoms with Crippen molar-refractivity contribution in [2.75, 3.05) is 33.5 Å². The van der Waals surface area contributed by atoms with Gasteiger partial charge in [-0.05, 0) is 47.5 Å². The van der Waals surface area contributed by atoms with Crippen LogP contribution < -0.4 is 14.8 Å². The van der Waals surface area contributed by atoms with Gasteiger partial charge in [0.1, 0.15) is 0 Å². The Morgan fingerprint density at radius 3 is 2.67 bits per heavy atom. The summed E-state index contributed by atoms with van der Waals surface area (Å²) >= 11 is 3.53. The molecule has 0 aliphatic carbocycles. The van der Waals surface area contributed by atoms with Gasteiger partial charge >= 0.3 is 0 Å². The highest BCUT2D eigenvalue weighted by atomic mass is 79.9. The lowest BCUT2D eigenvalue weighted by Crippen LogP contribution is -2.20. The lowest BCUT2D eigenvalue weighted by atomic mass is 10.2. The highest BCUT2D eigenvalue weighted by molar-refractivity contribution is 9.10. The van der Waals surface area contributed by atoms with Crippen LogP contribution in [0.1, 0.15) is 19.4 Å². The molecule has 2 N–H and O–H groups in total. The van der Waals surface area contributed by atoms with Crippen LogP contribution in [0.5, 0.6) is 11.5 Å². The molecule has 0 saturated heterocycles. The smallest absolute Gasteiger partial charge is 0.175 e. The van der Waals surface area contributed by atoms with E-state index in [0.717, 1.165) is 22.3 Å². The van der Waals surface area contributed by atoms with E-state index in [1.54, 1.807) is 7.11 Å². The maximum Gasteiger partial charge on any atom is 0.175 e. The van der Waals surface area contributed by atoms with Gasteiger partial charge in [0.2, 0.25) is 0 Å². The van der Waals surface area contributed by atoms with E-state index in [4.69, 9.17) is 19.3 Å². The number of hydrogen-bond donors (Lipinski definition) is 2. The average molecular weight is 362 g/mol. The molecule has 0 atom stereocenters. The van der Waals surface area contributed by atoms with Crippen LogP contribution in [0.2, 0.25) is 0 Å². The first kappa shape index (κ1) is 18.2. The van der Waals surface area contributed by atoms with Crippen molar-refractivity contribution in [1.82, 2.24) is 5.32 Å². The lowest BCUT2D eigenvalue weighted by Gasteiger charge is -2.16. The molecule has 1 rings (SSSR count). The van der Waals surface area contributed by atoms with Gasteiger partial charge in [0.15, 0.2) is 11.5 Å². The van der Waals surface area contributed by atoms with Crippen molar-refractivity contribution in [3.05, 3.63) is 22.2 Å². The first-order chi connectivity index (χ1) is 10.1. The fourth-order valence-electron chi connectivity index (χ4n) is 1.77. The number of aliphatic hydroxyl groups excluding tert-OH is 1. The zero-order valence-corrected chi connectivity index (χ0v) is 14.4. The minimum Gasteiger partial charge on any atom is -0.493 e. The number of benzene rings is 1. The maximum atomic E-state index is 8.60. The number of methoxy groups -OCH3 is 1. The highest BCUT2D eigenvalue weighted by Gasteiger charge is 2.12. The second-order valence-electron chi connectivity index (χ2n) is 4.79. The van der Waals surface area contributed by atoms with Crippen LogP contribution in [0.25, 0.3) is 0 Å². The molecule has 0 aromatic heterocycles. The lowest BCUT2D eigenvalue weighted by molar-refractivity contribution is 0.0938. The van der Waals surface area contributed by atoms with Gasteiger partial charge in [0.05, 0.1) is 37.5 Å². The van der Waals surface area contributed by atoms with Crippen LogP contribution in [0.3, 0.4) is 0 Å². The van der Waals surface area contributed by atoms with Crippen LogP contribution in [-0.2, 0) is 11.3 Å². The van der Waals surface area contributed by atoms with Gasteiger partial charge in [-0.15, -0.1) is 0 Å². The number of nitrogens with one attached hydrogen (secondary N) is 1. The summed E-state index contributed by atoms with van der Waals surface area (Å²) in [5, 5.41) is 11.9. The molecule has 1 aromatic rings. The van der Waals surface area contributed by atoms with Gasteiger partial charge in [0.25, 0.3) is 0 Å². The van der Waals surface area contributed by atoms with E-state index in [-0.39, 0.29) is 12.7 Å². The summed E-state index contributed by atoms with van der Waals surface area (Å²) < 4.78 is 17.2. The van der Waals surface area contributed by atoms with Gasteiger partial charge in [-0.25, -0.2) is 0 Å². The van der Waals surface area contributed by atoms with E-state index in [0.29, 0.717) is 25.5 Å². The topological polar surface area (TPSA) is 60.0 Å². The molecule has 0 radical (unpaired) electrons. The summed E-state index contributed by atoms with van der Waals surface area (Å²) in [5.74, 6) is 1.44. The molecule has 0 heterocycles. The second kappa shape index (κ2) is 10.00. The summed E-state index contributed by atoms with van der Waals surface area (Å²) in [6, 6.07) is 3.98. The van der Waals surface area contributed by atoms with E-state index in [2.05, 4.69) is 21.2 Å². The summed E-state index contributed by atoms with van der Waals surface area (Å²) in [6.07, 6.45) is 0.0860. The number of rotatable bonds is 10. The molecule has 0 aliphatic rings. The van der Waals surface area contributed by atoms with Crippen molar-refractivity contribution in [1.29, 1.82) is 0 Å². The number of halogens is 1. The van der Waals surface area contributed by atoms with Gasteiger partial charge in [-0.3, -0.25) is 0 Å². The quantitative estimate of drug-likeness (QED) is 0.626. The minimum atomic E-state index is 0.0570. The van der Waals surface area contributed by atoms with Gasteiger partial charge in [-0.1, -0.05) is 0 Å². The van der Waals surface area contributed by atoms with E-state index < -0.39 is 0 Å². The number of hydrogen-bond acceptors (Lipinski definition) is 5. The fourth-order valence-corrected chi connectivity index (χ4v) is 2.35. The third kappa shape index (κ3) is 6.65. The van der Waals surface area contributed by atoms with Crippen LogP contribution in [0.4, 0.5) is 0 Å². The molecule has 0 saturated carbocycles.